The highest BCUT2D eigenvalue weighted by Gasteiger charge is 2.18. The van der Waals surface area contributed by atoms with E-state index in [2.05, 4.69) is 27.3 Å². The first-order valence-corrected chi connectivity index (χ1v) is 17.9. The summed E-state index contributed by atoms with van der Waals surface area (Å²) in [7, 11) is -3.82. The van der Waals surface area contributed by atoms with Crippen LogP contribution in [0, 0.1) is 0 Å². The summed E-state index contributed by atoms with van der Waals surface area (Å²) in [6, 6.07) is 30.0. The van der Waals surface area contributed by atoms with Gasteiger partial charge >= 0.3 is 0 Å². The lowest BCUT2D eigenvalue weighted by Crippen LogP contribution is -2.33. The summed E-state index contributed by atoms with van der Waals surface area (Å²) in [4.78, 5) is 34.2. The van der Waals surface area contributed by atoms with Gasteiger partial charge in [0.15, 0.2) is 0 Å². The number of primary sulfonamides is 1. The summed E-state index contributed by atoms with van der Waals surface area (Å²) < 4.78 is 23.6. The van der Waals surface area contributed by atoms with Crippen molar-refractivity contribution in [2.24, 2.45) is 5.14 Å². The SMILES string of the molecule is NS(=O)(=O)c1ccc(CN(Cc2cccc(-c3cccc(C(=O)NCCN4CCCC4)c3)c2)C(=O)CCc2c[nH]c3ccccc23)cc1. The zero-order chi connectivity index (χ0) is 33.5. The number of amides is 2. The number of rotatable bonds is 13. The van der Waals surface area contributed by atoms with Crippen LogP contribution in [-0.2, 0) is 34.3 Å². The molecular weight excluding hydrogens is 623 g/mol. The summed E-state index contributed by atoms with van der Waals surface area (Å²) in [5.41, 5.74) is 6.32. The van der Waals surface area contributed by atoms with Gasteiger partial charge in [-0.1, -0.05) is 60.7 Å². The Morgan fingerprint density at radius 1 is 0.833 bits per heavy atom. The first-order valence-electron chi connectivity index (χ1n) is 16.4. The third kappa shape index (κ3) is 8.38. The van der Waals surface area contributed by atoms with Crippen molar-refractivity contribution in [2.45, 2.75) is 43.7 Å². The summed E-state index contributed by atoms with van der Waals surface area (Å²) in [6.45, 7) is 4.33. The normalized spacial score (nSPS) is 13.5. The van der Waals surface area contributed by atoms with Crippen LogP contribution in [0.4, 0.5) is 0 Å². The Labute approximate surface area is 281 Å². The Morgan fingerprint density at radius 2 is 1.54 bits per heavy atom. The second-order valence-electron chi connectivity index (χ2n) is 12.4. The molecule has 0 atom stereocenters. The molecule has 0 spiro atoms. The average Bonchev–Trinajstić information content (AvgIpc) is 3.77. The molecule has 0 unspecified atom stereocenters. The number of aryl methyl sites for hydroxylation is 1. The number of benzene rings is 4. The highest BCUT2D eigenvalue weighted by Crippen LogP contribution is 2.24. The van der Waals surface area contributed by atoms with E-state index < -0.39 is 10.0 Å². The topological polar surface area (TPSA) is 129 Å². The first-order chi connectivity index (χ1) is 23.2. The highest BCUT2D eigenvalue weighted by molar-refractivity contribution is 7.89. The molecule has 248 valence electrons. The molecule has 48 heavy (non-hydrogen) atoms. The van der Waals surface area contributed by atoms with Crippen molar-refractivity contribution >= 4 is 32.7 Å². The minimum atomic E-state index is -3.82. The Balaban J connectivity index is 1.18. The highest BCUT2D eigenvalue weighted by atomic mass is 32.2. The predicted molar refractivity (Wildman–Crippen MR) is 189 cm³/mol. The van der Waals surface area contributed by atoms with Crippen LogP contribution in [-0.4, -0.2) is 61.2 Å². The maximum Gasteiger partial charge on any atom is 0.251 e. The summed E-state index contributed by atoms with van der Waals surface area (Å²) in [6.07, 6.45) is 5.29. The number of fused-ring (bicyclic) bond motifs is 1. The molecule has 0 aliphatic carbocycles. The van der Waals surface area contributed by atoms with Crippen LogP contribution in [0.15, 0.2) is 108 Å². The first kappa shape index (κ1) is 33.1. The van der Waals surface area contributed by atoms with E-state index in [1.807, 2.05) is 66.9 Å². The molecule has 2 heterocycles. The number of hydrogen-bond acceptors (Lipinski definition) is 5. The van der Waals surface area contributed by atoms with Crippen LogP contribution in [0.25, 0.3) is 22.0 Å². The fourth-order valence-corrected chi connectivity index (χ4v) is 6.84. The van der Waals surface area contributed by atoms with Gasteiger partial charge in [0.05, 0.1) is 4.90 Å². The smallest absolute Gasteiger partial charge is 0.251 e. The van der Waals surface area contributed by atoms with Crippen LogP contribution >= 0.6 is 0 Å². The van der Waals surface area contributed by atoms with E-state index in [0.29, 0.717) is 38.0 Å². The fourth-order valence-electron chi connectivity index (χ4n) is 6.32. The van der Waals surface area contributed by atoms with Crippen molar-refractivity contribution in [1.29, 1.82) is 0 Å². The molecule has 4 aromatic carbocycles. The van der Waals surface area contributed by atoms with Gasteiger partial charge in [0.1, 0.15) is 0 Å². The minimum Gasteiger partial charge on any atom is -0.361 e. The maximum absolute atomic E-state index is 13.8. The van der Waals surface area contributed by atoms with E-state index in [4.69, 9.17) is 5.14 Å². The Morgan fingerprint density at radius 3 is 2.31 bits per heavy atom. The lowest BCUT2D eigenvalue weighted by atomic mass is 10.0. The Hall–Kier alpha value is -4.77. The molecule has 1 fully saturated rings. The van der Waals surface area contributed by atoms with Crippen molar-refractivity contribution in [3.63, 3.8) is 0 Å². The van der Waals surface area contributed by atoms with Gasteiger partial charge in [0.25, 0.3) is 5.91 Å². The molecule has 4 N–H and O–H groups in total. The fraction of sp³-hybridized carbons (Fsp3) is 0.263. The van der Waals surface area contributed by atoms with Gasteiger partial charge in [-0.25, -0.2) is 13.6 Å². The van der Waals surface area contributed by atoms with E-state index in [9.17, 15) is 18.0 Å². The number of aromatic nitrogens is 1. The molecule has 0 saturated carbocycles. The van der Waals surface area contributed by atoms with E-state index in [-0.39, 0.29) is 16.7 Å². The van der Waals surface area contributed by atoms with Gasteiger partial charge in [-0.2, -0.15) is 0 Å². The van der Waals surface area contributed by atoms with Gasteiger partial charge < -0.3 is 20.1 Å². The summed E-state index contributed by atoms with van der Waals surface area (Å²) in [5.74, 6) is -0.110. The van der Waals surface area contributed by atoms with Crippen molar-refractivity contribution < 1.29 is 18.0 Å². The Kier molecular flexibility index (Phi) is 10.3. The predicted octanol–water partition coefficient (Wildman–Crippen LogP) is 5.47. The molecule has 6 rings (SSSR count). The molecular formula is C38H41N5O4S. The number of aromatic amines is 1. The second kappa shape index (κ2) is 15.0. The van der Waals surface area contributed by atoms with Gasteiger partial charge in [-0.3, -0.25) is 9.59 Å². The van der Waals surface area contributed by atoms with Gasteiger partial charge in [0, 0.05) is 55.3 Å². The number of likely N-dealkylation sites (tertiary alicyclic amines) is 1. The maximum atomic E-state index is 13.8. The number of hydrogen-bond donors (Lipinski definition) is 3. The lowest BCUT2D eigenvalue weighted by molar-refractivity contribution is -0.132. The van der Waals surface area contributed by atoms with E-state index in [1.165, 1.54) is 25.0 Å². The zero-order valence-electron chi connectivity index (χ0n) is 26.9. The molecule has 5 aromatic rings. The third-order valence-corrected chi connectivity index (χ3v) is 9.86. The van der Waals surface area contributed by atoms with Crippen LogP contribution in [0.2, 0.25) is 0 Å². The van der Waals surface area contributed by atoms with Crippen molar-refractivity contribution in [2.75, 3.05) is 26.2 Å². The number of nitrogens with two attached hydrogens (primary N) is 1. The lowest BCUT2D eigenvalue weighted by Gasteiger charge is -2.24. The number of carbonyl (C=O) groups excluding carboxylic acids is 2. The largest absolute Gasteiger partial charge is 0.361 e. The van der Waals surface area contributed by atoms with E-state index in [0.717, 1.165) is 58.4 Å². The molecule has 1 aliphatic rings. The van der Waals surface area contributed by atoms with Crippen LogP contribution in [0.3, 0.4) is 0 Å². The molecule has 0 radical (unpaired) electrons. The number of nitrogens with one attached hydrogen (secondary N) is 2. The van der Waals surface area contributed by atoms with Gasteiger partial charge in [-0.05, 0) is 96.6 Å². The number of H-pyrrole nitrogens is 1. The van der Waals surface area contributed by atoms with Crippen molar-refractivity contribution in [3.8, 4) is 11.1 Å². The third-order valence-electron chi connectivity index (χ3n) is 8.93. The number of carbonyl (C=O) groups is 2. The van der Waals surface area contributed by atoms with Gasteiger partial charge in [-0.15, -0.1) is 0 Å². The second-order valence-corrected chi connectivity index (χ2v) is 13.9. The Bertz CT molecular complexity index is 2000. The number of nitrogens with zero attached hydrogens (tertiary/aromatic N) is 2. The molecule has 10 heteroatoms. The number of para-hydroxylation sites is 1. The molecule has 1 saturated heterocycles. The average molecular weight is 664 g/mol. The number of sulfonamides is 1. The van der Waals surface area contributed by atoms with Crippen LogP contribution in [0.1, 0.15) is 46.3 Å². The van der Waals surface area contributed by atoms with Crippen molar-refractivity contribution in [3.05, 3.63) is 126 Å². The molecule has 2 amide bonds. The summed E-state index contributed by atoms with van der Waals surface area (Å²) >= 11 is 0. The molecule has 1 aromatic heterocycles. The van der Waals surface area contributed by atoms with E-state index >= 15 is 0 Å². The molecule has 9 nitrogen and oxygen atoms in total. The molecule has 1 aliphatic heterocycles. The van der Waals surface area contributed by atoms with E-state index in [1.54, 1.807) is 17.0 Å². The van der Waals surface area contributed by atoms with Gasteiger partial charge in [0.2, 0.25) is 15.9 Å². The quantitative estimate of drug-likeness (QED) is 0.154. The minimum absolute atomic E-state index is 0.0196. The zero-order valence-corrected chi connectivity index (χ0v) is 27.7. The van der Waals surface area contributed by atoms with Crippen LogP contribution < -0.4 is 10.5 Å². The standard InChI is InChI=1S/C38H41N5O4S/c39-48(46,47)34-16-13-28(14-17-34)26-43(37(44)18-15-33-25-41-36-12-2-1-11-35(33)36)27-29-7-5-8-30(23-29)31-9-6-10-32(24-31)38(45)40-19-22-42-20-3-4-21-42/h1-2,5-14,16-17,23-25,41H,3-4,15,18-22,26-27H2,(H,40,45)(H2,39,46,47). The van der Waals surface area contributed by atoms with Crippen molar-refractivity contribution in [1.82, 2.24) is 20.1 Å². The molecule has 0 bridgehead atoms. The summed E-state index contributed by atoms with van der Waals surface area (Å²) in [5, 5.41) is 9.45. The monoisotopic (exact) mass is 663 g/mol. The van der Waals surface area contributed by atoms with Crippen LogP contribution in [0.5, 0.6) is 0 Å².